The van der Waals surface area contributed by atoms with Gasteiger partial charge in [-0.2, -0.15) is 0 Å². The highest BCUT2D eigenvalue weighted by molar-refractivity contribution is 5.22. The number of nitrogens with zero attached hydrogens (tertiary/aromatic N) is 2. The summed E-state index contributed by atoms with van der Waals surface area (Å²) >= 11 is 0. The number of hydrogen-bond acceptors (Lipinski definition) is 4. The van der Waals surface area contributed by atoms with Gasteiger partial charge in [0.25, 0.3) is 5.56 Å². The van der Waals surface area contributed by atoms with Crippen molar-refractivity contribution < 1.29 is 14.2 Å². The molecule has 0 bridgehead atoms. The first-order valence-corrected chi connectivity index (χ1v) is 6.56. The monoisotopic (exact) mass is 292 g/mol. The second-order valence-electron chi connectivity index (χ2n) is 4.83. The van der Waals surface area contributed by atoms with Gasteiger partial charge in [-0.25, -0.2) is 9.37 Å². The number of aryl methyl sites for hydroxylation is 1. The minimum Gasteiger partial charge on any atom is -0.491 e. The van der Waals surface area contributed by atoms with E-state index in [4.69, 9.17) is 4.74 Å². The van der Waals surface area contributed by atoms with Crippen LogP contribution in [0.5, 0.6) is 5.75 Å². The molecule has 0 amide bonds. The Morgan fingerprint density at radius 1 is 1.33 bits per heavy atom. The highest BCUT2D eigenvalue weighted by Gasteiger charge is 2.10. The Kier molecular flexibility index (Phi) is 4.70. The Hall–Kier alpha value is -2.21. The quantitative estimate of drug-likeness (QED) is 0.905. The van der Waals surface area contributed by atoms with Crippen molar-refractivity contribution in [3.05, 3.63) is 58.0 Å². The molecule has 2 aromatic rings. The molecule has 0 aliphatic carbocycles. The molecule has 6 heteroatoms. The maximum Gasteiger partial charge on any atom is 0.256 e. The molecule has 0 spiro atoms. The third-order valence-corrected chi connectivity index (χ3v) is 3.18. The number of aliphatic hydroxyl groups excluding tert-OH is 1. The number of benzene rings is 1. The first-order chi connectivity index (χ1) is 9.97. The molecule has 112 valence electrons. The van der Waals surface area contributed by atoms with E-state index in [-0.39, 0.29) is 24.5 Å². The van der Waals surface area contributed by atoms with Crippen LogP contribution < -0.4 is 10.3 Å². The van der Waals surface area contributed by atoms with Gasteiger partial charge in [0.15, 0.2) is 0 Å². The first kappa shape index (κ1) is 15.2. The molecule has 0 unspecified atom stereocenters. The fourth-order valence-corrected chi connectivity index (χ4v) is 1.81. The van der Waals surface area contributed by atoms with E-state index in [1.165, 1.54) is 35.2 Å². The zero-order chi connectivity index (χ0) is 15.4. The van der Waals surface area contributed by atoms with E-state index in [0.29, 0.717) is 17.0 Å². The summed E-state index contributed by atoms with van der Waals surface area (Å²) in [5, 5.41) is 9.92. The van der Waals surface area contributed by atoms with Gasteiger partial charge >= 0.3 is 0 Å². The zero-order valence-corrected chi connectivity index (χ0v) is 11.9. The topological polar surface area (TPSA) is 64.3 Å². The van der Waals surface area contributed by atoms with Crippen molar-refractivity contribution in [1.29, 1.82) is 0 Å². The van der Waals surface area contributed by atoms with E-state index in [9.17, 15) is 14.3 Å². The van der Waals surface area contributed by atoms with Gasteiger partial charge in [0.2, 0.25) is 0 Å². The summed E-state index contributed by atoms with van der Waals surface area (Å²) in [4.78, 5) is 16.1. The van der Waals surface area contributed by atoms with Crippen molar-refractivity contribution >= 4 is 0 Å². The van der Waals surface area contributed by atoms with Gasteiger partial charge in [-0.1, -0.05) is 0 Å². The van der Waals surface area contributed by atoms with Crippen LogP contribution in [0.15, 0.2) is 35.4 Å². The maximum atomic E-state index is 12.7. The average Bonchev–Trinajstić information content (AvgIpc) is 2.47. The smallest absolute Gasteiger partial charge is 0.256 e. The Morgan fingerprint density at radius 3 is 2.67 bits per heavy atom. The molecule has 0 saturated carbocycles. The van der Waals surface area contributed by atoms with Crippen LogP contribution in [0, 0.1) is 19.7 Å². The maximum absolute atomic E-state index is 12.7. The lowest BCUT2D eigenvalue weighted by molar-refractivity contribution is 0.0912. The highest BCUT2D eigenvalue weighted by Crippen LogP contribution is 2.11. The van der Waals surface area contributed by atoms with E-state index >= 15 is 0 Å². The molecule has 2 rings (SSSR count). The summed E-state index contributed by atoms with van der Waals surface area (Å²) in [6, 6.07) is 5.51. The molecule has 0 radical (unpaired) electrons. The Bertz CT molecular complexity index is 668. The fourth-order valence-electron chi connectivity index (χ4n) is 1.81. The largest absolute Gasteiger partial charge is 0.491 e. The van der Waals surface area contributed by atoms with Crippen LogP contribution in [0.4, 0.5) is 4.39 Å². The Balaban J connectivity index is 1.96. The van der Waals surface area contributed by atoms with Crippen molar-refractivity contribution in [2.24, 2.45) is 0 Å². The van der Waals surface area contributed by atoms with Crippen molar-refractivity contribution in [2.45, 2.75) is 26.5 Å². The second kappa shape index (κ2) is 6.49. The number of ether oxygens (including phenoxy) is 1. The molecule has 1 N–H and O–H groups in total. The van der Waals surface area contributed by atoms with Crippen LogP contribution in [0.2, 0.25) is 0 Å². The Morgan fingerprint density at radius 2 is 2.00 bits per heavy atom. The average molecular weight is 292 g/mol. The fraction of sp³-hybridized carbons (Fsp3) is 0.333. The molecule has 1 aromatic heterocycles. The molecule has 0 aliphatic heterocycles. The molecule has 5 nitrogen and oxygen atoms in total. The van der Waals surface area contributed by atoms with Crippen LogP contribution in [-0.2, 0) is 6.54 Å². The lowest BCUT2D eigenvalue weighted by atomic mass is 10.2. The molecular weight excluding hydrogens is 275 g/mol. The predicted molar refractivity (Wildman–Crippen MR) is 75.9 cm³/mol. The molecular formula is C15H17FN2O3. The number of aliphatic hydroxyl groups is 1. The third-order valence-electron chi connectivity index (χ3n) is 3.18. The third kappa shape index (κ3) is 3.88. The van der Waals surface area contributed by atoms with Crippen LogP contribution in [0.1, 0.15) is 11.3 Å². The molecule has 1 atom stereocenters. The van der Waals surface area contributed by atoms with E-state index < -0.39 is 6.10 Å². The normalized spacial score (nSPS) is 12.2. The van der Waals surface area contributed by atoms with Gasteiger partial charge in [-0.15, -0.1) is 0 Å². The van der Waals surface area contributed by atoms with Gasteiger partial charge in [0.1, 0.15) is 24.3 Å². The summed E-state index contributed by atoms with van der Waals surface area (Å²) in [7, 11) is 0. The first-order valence-electron chi connectivity index (χ1n) is 6.56. The Labute approximate surface area is 121 Å². The molecule has 0 aliphatic rings. The van der Waals surface area contributed by atoms with Gasteiger partial charge in [0.05, 0.1) is 12.9 Å². The van der Waals surface area contributed by atoms with E-state index in [0.717, 1.165) is 0 Å². The number of halogens is 1. The van der Waals surface area contributed by atoms with Crippen LogP contribution in [0.3, 0.4) is 0 Å². The predicted octanol–water partition coefficient (Wildman–Crippen LogP) is 1.44. The summed E-state index contributed by atoms with van der Waals surface area (Å²) < 4.78 is 19.4. The lowest BCUT2D eigenvalue weighted by Crippen LogP contribution is -2.31. The molecule has 0 fully saturated rings. The number of rotatable bonds is 5. The molecule has 21 heavy (non-hydrogen) atoms. The van der Waals surface area contributed by atoms with Gasteiger partial charge < -0.3 is 9.84 Å². The van der Waals surface area contributed by atoms with E-state index in [1.54, 1.807) is 13.8 Å². The number of aromatic nitrogens is 2. The van der Waals surface area contributed by atoms with Crippen LogP contribution >= 0.6 is 0 Å². The minimum absolute atomic E-state index is 0.00496. The van der Waals surface area contributed by atoms with Crippen molar-refractivity contribution in [3.8, 4) is 5.75 Å². The lowest BCUT2D eigenvalue weighted by Gasteiger charge is -2.14. The van der Waals surface area contributed by atoms with Gasteiger partial charge in [-0.3, -0.25) is 9.36 Å². The highest BCUT2D eigenvalue weighted by atomic mass is 19.1. The summed E-state index contributed by atoms with van der Waals surface area (Å²) in [6.45, 7) is 3.55. The number of hydrogen-bond donors (Lipinski definition) is 1. The summed E-state index contributed by atoms with van der Waals surface area (Å²) in [6.07, 6.45) is 0.544. The molecule has 0 saturated heterocycles. The van der Waals surface area contributed by atoms with Crippen molar-refractivity contribution in [2.75, 3.05) is 6.61 Å². The second-order valence-corrected chi connectivity index (χ2v) is 4.83. The van der Waals surface area contributed by atoms with Gasteiger partial charge in [0, 0.05) is 11.3 Å². The standard InChI is InChI=1S/C15H17FN2O3/c1-10-11(2)17-9-18(15(10)20)7-13(19)8-21-14-5-3-12(16)4-6-14/h3-6,9,13,19H,7-8H2,1-2H3/t13-/m0/s1. The zero-order valence-electron chi connectivity index (χ0n) is 11.9. The van der Waals surface area contributed by atoms with Crippen LogP contribution in [0.25, 0.3) is 0 Å². The molecule has 1 aromatic carbocycles. The summed E-state index contributed by atoms with van der Waals surface area (Å²) in [5.74, 6) is 0.108. The molecule has 1 heterocycles. The SMILES string of the molecule is Cc1ncn(C[C@H](O)COc2ccc(F)cc2)c(=O)c1C. The van der Waals surface area contributed by atoms with E-state index in [1.807, 2.05) is 0 Å². The van der Waals surface area contributed by atoms with E-state index in [2.05, 4.69) is 4.98 Å². The van der Waals surface area contributed by atoms with Crippen molar-refractivity contribution in [1.82, 2.24) is 9.55 Å². The van der Waals surface area contributed by atoms with Gasteiger partial charge in [-0.05, 0) is 38.1 Å². The van der Waals surface area contributed by atoms with Crippen molar-refractivity contribution in [3.63, 3.8) is 0 Å². The minimum atomic E-state index is -0.864. The summed E-state index contributed by atoms with van der Waals surface area (Å²) in [5.41, 5.74) is 1.06. The van der Waals surface area contributed by atoms with Crippen LogP contribution in [-0.4, -0.2) is 27.4 Å².